The number of rotatable bonds is 4. The van der Waals surface area contributed by atoms with E-state index >= 15 is 0 Å². The average molecular weight is 269 g/mol. The van der Waals surface area contributed by atoms with Gasteiger partial charge in [0.1, 0.15) is 0 Å². The molecule has 2 N–H and O–H groups in total. The van der Waals surface area contributed by atoms with Gasteiger partial charge in [-0.3, -0.25) is 0 Å². The summed E-state index contributed by atoms with van der Waals surface area (Å²) >= 11 is 0. The summed E-state index contributed by atoms with van der Waals surface area (Å²) < 4.78 is 31.7. The number of unbranched alkanes of at least 4 members (excludes halogenated alkanes) is 1. The van der Waals surface area contributed by atoms with E-state index in [1.54, 1.807) is 0 Å². The van der Waals surface area contributed by atoms with E-state index in [4.69, 9.17) is 9.90 Å². The van der Waals surface area contributed by atoms with E-state index in [-0.39, 0.29) is 0 Å². The molecule has 18 heavy (non-hydrogen) atoms. The second kappa shape index (κ2) is 9.19. The summed E-state index contributed by atoms with van der Waals surface area (Å²) in [5.41, 5.74) is 0. The van der Waals surface area contributed by atoms with Crippen molar-refractivity contribution in [2.45, 2.75) is 64.1 Å². The van der Waals surface area contributed by atoms with E-state index in [1.807, 2.05) is 0 Å². The zero-order chi connectivity index (χ0) is 14.0. The Morgan fingerprint density at radius 1 is 1.28 bits per heavy atom. The van der Waals surface area contributed by atoms with Crippen molar-refractivity contribution < 1.29 is 23.1 Å². The molecule has 3 nitrogen and oxygen atoms in total. The molecule has 0 saturated heterocycles. The van der Waals surface area contributed by atoms with Crippen LogP contribution in [-0.4, -0.2) is 29.8 Å². The van der Waals surface area contributed by atoms with Gasteiger partial charge in [-0.1, -0.05) is 32.6 Å². The van der Waals surface area contributed by atoms with Crippen LogP contribution in [0.15, 0.2) is 0 Å². The fourth-order valence-electron chi connectivity index (χ4n) is 1.79. The van der Waals surface area contributed by atoms with Gasteiger partial charge in [0.25, 0.3) is 0 Å². The van der Waals surface area contributed by atoms with Crippen molar-refractivity contribution in [2.75, 3.05) is 6.54 Å². The number of carboxylic acid groups (broad SMARTS) is 1. The smallest absolute Gasteiger partial charge is 0.475 e. The maximum absolute atomic E-state index is 10.6. The molecule has 6 heteroatoms. The molecule has 1 fully saturated rings. The molecule has 0 atom stereocenters. The second-order valence-electron chi connectivity index (χ2n) is 4.45. The summed E-state index contributed by atoms with van der Waals surface area (Å²) in [5, 5.41) is 10.7. The number of carboxylic acids is 1. The number of alkyl halides is 3. The van der Waals surface area contributed by atoms with Crippen LogP contribution < -0.4 is 5.32 Å². The fourth-order valence-corrected chi connectivity index (χ4v) is 1.79. The lowest BCUT2D eigenvalue weighted by molar-refractivity contribution is -0.192. The maximum atomic E-state index is 10.6. The molecule has 1 aliphatic carbocycles. The molecular weight excluding hydrogens is 247 g/mol. The normalized spacial score (nSPS) is 16.9. The molecule has 0 aromatic rings. The van der Waals surface area contributed by atoms with Gasteiger partial charge < -0.3 is 10.4 Å². The predicted octanol–water partition coefficient (Wildman–Crippen LogP) is 3.34. The zero-order valence-corrected chi connectivity index (χ0v) is 10.7. The number of hydrogen-bond donors (Lipinski definition) is 2. The van der Waals surface area contributed by atoms with E-state index in [0.29, 0.717) is 0 Å². The topological polar surface area (TPSA) is 49.3 Å². The van der Waals surface area contributed by atoms with Crippen LogP contribution in [0.4, 0.5) is 13.2 Å². The third-order valence-electron chi connectivity index (χ3n) is 2.81. The van der Waals surface area contributed by atoms with Crippen LogP contribution in [0.1, 0.15) is 51.9 Å². The fraction of sp³-hybridized carbons (Fsp3) is 0.917. The van der Waals surface area contributed by atoms with E-state index in [2.05, 4.69) is 12.2 Å². The Hall–Kier alpha value is -0.780. The first-order valence-electron chi connectivity index (χ1n) is 6.41. The summed E-state index contributed by atoms with van der Waals surface area (Å²) in [6.07, 6.45) is 4.78. The van der Waals surface area contributed by atoms with Gasteiger partial charge in [0.2, 0.25) is 0 Å². The monoisotopic (exact) mass is 269 g/mol. The maximum Gasteiger partial charge on any atom is 0.490 e. The number of nitrogens with one attached hydrogen (secondary N) is 1. The molecular formula is C12H22F3NO2. The molecule has 1 rings (SSSR count). The van der Waals surface area contributed by atoms with Crippen molar-refractivity contribution in [3.63, 3.8) is 0 Å². The van der Waals surface area contributed by atoms with Crippen LogP contribution in [0, 0.1) is 0 Å². The second-order valence-corrected chi connectivity index (χ2v) is 4.45. The molecule has 0 aromatic carbocycles. The largest absolute Gasteiger partial charge is 0.490 e. The van der Waals surface area contributed by atoms with Gasteiger partial charge in [0.15, 0.2) is 0 Å². The van der Waals surface area contributed by atoms with E-state index < -0.39 is 12.1 Å². The highest BCUT2D eigenvalue weighted by Gasteiger charge is 2.38. The van der Waals surface area contributed by atoms with Crippen LogP contribution in [0.2, 0.25) is 0 Å². The molecule has 1 aliphatic rings. The Balaban J connectivity index is 0.000000360. The molecule has 0 aliphatic heterocycles. The van der Waals surface area contributed by atoms with Gasteiger partial charge in [-0.05, 0) is 25.8 Å². The summed E-state index contributed by atoms with van der Waals surface area (Å²) in [6, 6.07) is 0.857. The Bertz CT molecular complexity index is 226. The van der Waals surface area contributed by atoms with Crippen LogP contribution >= 0.6 is 0 Å². The third-order valence-corrected chi connectivity index (χ3v) is 2.81. The number of carbonyl (C=O) groups is 1. The molecule has 0 aromatic heterocycles. The van der Waals surface area contributed by atoms with Crippen LogP contribution in [0.5, 0.6) is 0 Å². The van der Waals surface area contributed by atoms with Gasteiger partial charge in [0.05, 0.1) is 0 Å². The standard InChI is InChI=1S/C10H21N.C2HF3O2/c1-2-3-9-11-10-7-5-4-6-8-10;3-2(4,5)1(6)7/h10-11H,2-9H2,1H3;(H,6,7). The van der Waals surface area contributed by atoms with Crippen molar-refractivity contribution in [3.8, 4) is 0 Å². The number of aliphatic carboxylic acids is 1. The Morgan fingerprint density at radius 3 is 2.17 bits per heavy atom. The van der Waals surface area contributed by atoms with Gasteiger partial charge in [0, 0.05) is 6.04 Å². The molecule has 0 radical (unpaired) electrons. The summed E-state index contributed by atoms with van der Waals surface area (Å²) in [7, 11) is 0. The Labute approximate surface area is 106 Å². The van der Waals surface area contributed by atoms with Gasteiger partial charge in [-0.2, -0.15) is 13.2 Å². The minimum atomic E-state index is -5.08. The number of hydrogen-bond acceptors (Lipinski definition) is 2. The first-order valence-corrected chi connectivity index (χ1v) is 6.41. The van der Waals surface area contributed by atoms with Gasteiger partial charge in [-0.25, -0.2) is 4.79 Å². The Kier molecular flexibility index (Phi) is 8.79. The van der Waals surface area contributed by atoms with Crippen molar-refractivity contribution in [1.82, 2.24) is 5.32 Å². The molecule has 1 saturated carbocycles. The predicted molar refractivity (Wildman–Crippen MR) is 63.5 cm³/mol. The Morgan fingerprint density at radius 2 is 1.78 bits per heavy atom. The summed E-state index contributed by atoms with van der Waals surface area (Å²) in [4.78, 5) is 8.90. The van der Waals surface area contributed by atoms with Crippen molar-refractivity contribution >= 4 is 5.97 Å². The minimum Gasteiger partial charge on any atom is -0.475 e. The lowest BCUT2D eigenvalue weighted by atomic mass is 9.95. The highest BCUT2D eigenvalue weighted by atomic mass is 19.4. The molecule has 0 unspecified atom stereocenters. The van der Waals surface area contributed by atoms with E-state index in [9.17, 15) is 13.2 Å². The minimum absolute atomic E-state index is 0.857. The van der Waals surface area contributed by atoms with Crippen molar-refractivity contribution in [3.05, 3.63) is 0 Å². The molecule has 0 heterocycles. The zero-order valence-electron chi connectivity index (χ0n) is 10.7. The van der Waals surface area contributed by atoms with Gasteiger partial charge in [-0.15, -0.1) is 0 Å². The molecule has 0 bridgehead atoms. The first-order chi connectivity index (χ1) is 8.38. The number of halogens is 3. The SMILES string of the molecule is CCCCNC1CCCCC1.O=C(O)C(F)(F)F. The molecule has 0 amide bonds. The lowest BCUT2D eigenvalue weighted by Gasteiger charge is -2.22. The van der Waals surface area contributed by atoms with Crippen LogP contribution in [0.3, 0.4) is 0 Å². The van der Waals surface area contributed by atoms with E-state index in [1.165, 1.54) is 51.5 Å². The summed E-state index contributed by atoms with van der Waals surface area (Å²) in [5.74, 6) is -2.76. The first kappa shape index (κ1) is 17.2. The highest BCUT2D eigenvalue weighted by Crippen LogP contribution is 2.17. The molecule has 0 spiro atoms. The summed E-state index contributed by atoms with van der Waals surface area (Å²) in [6.45, 7) is 3.49. The van der Waals surface area contributed by atoms with Gasteiger partial charge >= 0.3 is 12.1 Å². The van der Waals surface area contributed by atoms with Crippen LogP contribution in [-0.2, 0) is 4.79 Å². The van der Waals surface area contributed by atoms with Crippen molar-refractivity contribution in [1.29, 1.82) is 0 Å². The van der Waals surface area contributed by atoms with Crippen LogP contribution in [0.25, 0.3) is 0 Å². The highest BCUT2D eigenvalue weighted by molar-refractivity contribution is 5.73. The lowest BCUT2D eigenvalue weighted by Crippen LogP contribution is -2.31. The quantitative estimate of drug-likeness (QED) is 0.769. The average Bonchev–Trinajstić information content (AvgIpc) is 2.30. The van der Waals surface area contributed by atoms with Crippen molar-refractivity contribution in [2.24, 2.45) is 0 Å². The van der Waals surface area contributed by atoms with E-state index in [0.717, 1.165) is 6.04 Å². The third kappa shape index (κ3) is 9.27. The molecule has 108 valence electrons.